The van der Waals surface area contributed by atoms with E-state index >= 15 is 0 Å². The van der Waals surface area contributed by atoms with Gasteiger partial charge in [-0.2, -0.15) is 0 Å². The van der Waals surface area contributed by atoms with E-state index < -0.39 is 4.92 Å². The van der Waals surface area contributed by atoms with Crippen LogP contribution in [-0.2, 0) is 24.4 Å². The van der Waals surface area contributed by atoms with Gasteiger partial charge in [0, 0.05) is 24.8 Å². The SMILES string of the molecule is O=C(/C=C/c1ccc([N+](=O)[O-])cc1)N(Cc1ccc(OCc2ccccc2)cc1)C1CCCc2ccccc21. The number of non-ortho nitro benzene ring substituents is 1. The normalized spacial score (nSPS) is 14.5. The topological polar surface area (TPSA) is 72.7 Å². The number of benzene rings is 4. The number of ether oxygens (including phenoxy) is 1. The Morgan fingerprint density at radius 2 is 1.62 bits per heavy atom. The Hall–Kier alpha value is -4.71. The number of hydrogen-bond acceptors (Lipinski definition) is 4. The summed E-state index contributed by atoms with van der Waals surface area (Å²) in [4.78, 5) is 26.1. The van der Waals surface area contributed by atoms with E-state index in [2.05, 4.69) is 18.2 Å². The molecule has 196 valence electrons. The molecule has 1 amide bonds. The van der Waals surface area contributed by atoms with Crippen LogP contribution in [0.2, 0.25) is 0 Å². The van der Waals surface area contributed by atoms with E-state index in [4.69, 9.17) is 4.74 Å². The van der Waals surface area contributed by atoms with E-state index in [0.717, 1.165) is 41.7 Å². The highest BCUT2D eigenvalue weighted by atomic mass is 16.6. The van der Waals surface area contributed by atoms with Crippen LogP contribution in [0.4, 0.5) is 5.69 Å². The second-order valence-corrected chi connectivity index (χ2v) is 9.67. The summed E-state index contributed by atoms with van der Waals surface area (Å²) in [5.41, 5.74) is 5.36. The Bertz CT molecular complexity index is 1450. The molecule has 0 N–H and O–H groups in total. The van der Waals surface area contributed by atoms with Gasteiger partial charge >= 0.3 is 0 Å². The van der Waals surface area contributed by atoms with E-state index in [9.17, 15) is 14.9 Å². The lowest BCUT2D eigenvalue weighted by atomic mass is 9.86. The van der Waals surface area contributed by atoms with Crippen LogP contribution in [0.15, 0.2) is 109 Å². The smallest absolute Gasteiger partial charge is 0.269 e. The molecule has 1 unspecified atom stereocenters. The van der Waals surface area contributed by atoms with Crippen LogP contribution >= 0.6 is 0 Å². The van der Waals surface area contributed by atoms with Crippen LogP contribution in [0.25, 0.3) is 6.08 Å². The quantitative estimate of drug-likeness (QED) is 0.132. The fourth-order valence-corrected chi connectivity index (χ4v) is 4.99. The van der Waals surface area contributed by atoms with Crippen molar-refractivity contribution < 1.29 is 14.5 Å². The molecule has 0 aromatic heterocycles. The third-order valence-electron chi connectivity index (χ3n) is 7.04. The van der Waals surface area contributed by atoms with Crippen LogP contribution < -0.4 is 4.74 Å². The number of nitro benzene ring substituents is 1. The average molecular weight is 519 g/mol. The average Bonchev–Trinajstić information content (AvgIpc) is 2.98. The largest absolute Gasteiger partial charge is 0.489 e. The van der Waals surface area contributed by atoms with Crippen molar-refractivity contribution in [3.8, 4) is 5.75 Å². The van der Waals surface area contributed by atoms with Crippen LogP contribution in [0, 0.1) is 10.1 Å². The summed E-state index contributed by atoms with van der Waals surface area (Å²) in [7, 11) is 0. The number of nitro groups is 1. The Labute approximate surface area is 228 Å². The molecule has 5 rings (SSSR count). The first kappa shape index (κ1) is 25.9. The summed E-state index contributed by atoms with van der Waals surface area (Å²) in [6.45, 7) is 0.957. The van der Waals surface area contributed by atoms with Crippen molar-refractivity contribution in [2.45, 2.75) is 38.5 Å². The maximum Gasteiger partial charge on any atom is 0.269 e. The van der Waals surface area contributed by atoms with Gasteiger partial charge in [-0.25, -0.2) is 0 Å². The third-order valence-corrected chi connectivity index (χ3v) is 7.04. The van der Waals surface area contributed by atoms with Gasteiger partial charge in [0.1, 0.15) is 12.4 Å². The number of carbonyl (C=O) groups excluding carboxylic acids is 1. The van der Waals surface area contributed by atoms with Gasteiger partial charge < -0.3 is 9.64 Å². The molecule has 0 saturated heterocycles. The first-order valence-corrected chi connectivity index (χ1v) is 13.1. The van der Waals surface area contributed by atoms with Gasteiger partial charge in [-0.1, -0.05) is 66.7 Å². The number of rotatable bonds is 9. The van der Waals surface area contributed by atoms with Crippen LogP contribution in [0.1, 0.15) is 46.7 Å². The molecule has 0 fully saturated rings. The summed E-state index contributed by atoms with van der Waals surface area (Å²) < 4.78 is 5.94. The molecule has 0 aliphatic heterocycles. The second kappa shape index (κ2) is 12.2. The van der Waals surface area contributed by atoms with Crippen molar-refractivity contribution in [3.63, 3.8) is 0 Å². The summed E-state index contributed by atoms with van der Waals surface area (Å²) in [6.07, 6.45) is 6.21. The molecule has 6 heteroatoms. The number of aryl methyl sites for hydroxylation is 1. The molecule has 39 heavy (non-hydrogen) atoms. The number of fused-ring (bicyclic) bond motifs is 1. The Morgan fingerprint density at radius 3 is 2.36 bits per heavy atom. The highest BCUT2D eigenvalue weighted by molar-refractivity contribution is 5.92. The van der Waals surface area contributed by atoms with Gasteiger partial charge in [0.2, 0.25) is 5.91 Å². The Kier molecular flexibility index (Phi) is 8.12. The molecule has 1 aliphatic rings. The lowest BCUT2D eigenvalue weighted by Gasteiger charge is -2.35. The molecule has 0 radical (unpaired) electrons. The van der Waals surface area contributed by atoms with Gasteiger partial charge in [-0.3, -0.25) is 14.9 Å². The van der Waals surface area contributed by atoms with Crippen molar-refractivity contribution in [2.24, 2.45) is 0 Å². The fourth-order valence-electron chi connectivity index (χ4n) is 4.99. The summed E-state index contributed by atoms with van der Waals surface area (Å²) in [5, 5.41) is 11.0. The molecule has 6 nitrogen and oxygen atoms in total. The number of hydrogen-bond donors (Lipinski definition) is 0. The van der Waals surface area contributed by atoms with Crippen molar-refractivity contribution in [1.29, 1.82) is 0 Å². The van der Waals surface area contributed by atoms with Crippen LogP contribution in [0.5, 0.6) is 5.75 Å². The van der Waals surface area contributed by atoms with Gasteiger partial charge in [-0.15, -0.1) is 0 Å². The highest BCUT2D eigenvalue weighted by Crippen LogP contribution is 2.35. The predicted molar refractivity (Wildman–Crippen MR) is 152 cm³/mol. The maximum atomic E-state index is 13.6. The maximum absolute atomic E-state index is 13.6. The zero-order chi connectivity index (χ0) is 27.0. The number of amides is 1. The molecule has 0 spiro atoms. The van der Waals surface area contributed by atoms with Crippen molar-refractivity contribution in [2.75, 3.05) is 0 Å². The minimum atomic E-state index is -0.432. The van der Waals surface area contributed by atoms with Gasteiger partial charge in [0.25, 0.3) is 5.69 Å². The lowest BCUT2D eigenvalue weighted by Crippen LogP contribution is -2.35. The zero-order valence-electron chi connectivity index (χ0n) is 21.6. The first-order chi connectivity index (χ1) is 19.1. The van der Waals surface area contributed by atoms with E-state index in [1.165, 1.54) is 23.3 Å². The van der Waals surface area contributed by atoms with Crippen LogP contribution in [-0.4, -0.2) is 15.7 Å². The standard InChI is InChI=1S/C33H30N2O4/c36-33(22-17-25-13-18-29(19-14-25)35(37)38)34(32-12-6-10-28-9-4-5-11-31(28)32)23-26-15-20-30(21-16-26)39-24-27-7-2-1-3-8-27/h1-5,7-9,11,13-22,32H,6,10,12,23-24H2/b22-17+. The predicted octanol–water partition coefficient (Wildman–Crippen LogP) is 7.29. The highest BCUT2D eigenvalue weighted by Gasteiger charge is 2.28. The third kappa shape index (κ3) is 6.60. The molecule has 0 bridgehead atoms. The molecule has 0 saturated carbocycles. The van der Waals surface area contributed by atoms with Crippen LogP contribution in [0.3, 0.4) is 0 Å². The second-order valence-electron chi connectivity index (χ2n) is 9.67. The number of carbonyl (C=O) groups is 1. The minimum Gasteiger partial charge on any atom is -0.489 e. The molecule has 0 heterocycles. The van der Waals surface area contributed by atoms with Gasteiger partial charge in [0.15, 0.2) is 0 Å². The molecule has 4 aromatic rings. The number of nitrogens with zero attached hydrogens (tertiary/aromatic N) is 2. The summed E-state index contributed by atoms with van der Waals surface area (Å²) >= 11 is 0. The summed E-state index contributed by atoms with van der Waals surface area (Å²) in [5.74, 6) is 0.681. The van der Waals surface area contributed by atoms with E-state index in [0.29, 0.717) is 13.2 Å². The fraction of sp³-hybridized carbons (Fsp3) is 0.182. The lowest BCUT2D eigenvalue weighted by molar-refractivity contribution is -0.384. The van der Waals surface area contributed by atoms with Crippen molar-refractivity contribution >= 4 is 17.7 Å². The van der Waals surface area contributed by atoms with Gasteiger partial charge in [-0.05, 0) is 77.4 Å². The monoisotopic (exact) mass is 518 g/mol. The Morgan fingerprint density at radius 1 is 0.897 bits per heavy atom. The minimum absolute atomic E-state index is 0.0233. The van der Waals surface area contributed by atoms with E-state index in [1.807, 2.05) is 65.6 Å². The Balaban J connectivity index is 1.35. The molecule has 1 atom stereocenters. The molecular weight excluding hydrogens is 488 g/mol. The molecular formula is C33H30N2O4. The first-order valence-electron chi connectivity index (χ1n) is 13.1. The zero-order valence-corrected chi connectivity index (χ0v) is 21.6. The molecule has 1 aliphatic carbocycles. The van der Waals surface area contributed by atoms with E-state index in [1.54, 1.807) is 24.3 Å². The summed E-state index contributed by atoms with van der Waals surface area (Å²) in [6, 6.07) is 32.5. The van der Waals surface area contributed by atoms with Gasteiger partial charge in [0.05, 0.1) is 11.0 Å². The van der Waals surface area contributed by atoms with Crippen molar-refractivity contribution in [3.05, 3.63) is 147 Å². The van der Waals surface area contributed by atoms with E-state index in [-0.39, 0.29) is 17.6 Å². The molecule has 4 aromatic carbocycles. The van der Waals surface area contributed by atoms with Crippen molar-refractivity contribution in [1.82, 2.24) is 4.90 Å².